The Kier molecular flexibility index (Phi) is 3.77. The van der Waals surface area contributed by atoms with Gasteiger partial charge in [0.1, 0.15) is 0 Å². The summed E-state index contributed by atoms with van der Waals surface area (Å²) in [6.07, 6.45) is 4.85. The molecule has 0 bridgehead atoms. The van der Waals surface area contributed by atoms with Crippen molar-refractivity contribution in [2.75, 3.05) is 5.32 Å². The molecular weight excluding hydrogens is 242 g/mol. The zero-order chi connectivity index (χ0) is 13.9. The lowest BCUT2D eigenvalue weighted by molar-refractivity contribution is 0.586. The maximum Gasteiger partial charge on any atom is 0.0374 e. The number of hydrogen-bond donors (Lipinski definition) is 1. The summed E-state index contributed by atoms with van der Waals surface area (Å²) in [6, 6.07) is 16.2. The fourth-order valence-corrected chi connectivity index (χ4v) is 3.02. The molecule has 0 aromatic heterocycles. The molecule has 0 fully saturated rings. The van der Waals surface area contributed by atoms with Crippen molar-refractivity contribution in [1.82, 2.24) is 0 Å². The molecule has 1 N–H and O–H groups in total. The molecule has 1 atom stereocenters. The monoisotopic (exact) mass is 265 g/mol. The summed E-state index contributed by atoms with van der Waals surface area (Å²) in [7, 11) is 0. The first-order chi connectivity index (χ1) is 9.72. The number of fused-ring (bicyclic) bond motifs is 1. The zero-order valence-corrected chi connectivity index (χ0v) is 12.4. The van der Waals surface area contributed by atoms with Crippen molar-refractivity contribution in [3.8, 4) is 0 Å². The van der Waals surface area contributed by atoms with E-state index in [9.17, 15) is 0 Å². The van der Waals surface area contributed by atoms with Gasteiger partial charge in [0.15, 0.2) is 0 Å². The zero-order valence-electron chi connectivity index (χ0n) is 12.4. The van der Waals surface area contributed by atoms with E-state index in [2.05, 4.69) is 61.6 Å². The molecule has 0 saturated heterocycles. The van der Waals surface area contributed by atoms with Crippen molar-refractivity contribution in [2.45, 2.75) is 45.6 Å². The van der Waals surface area contributed by atoms with Crippen LogP contribution in [0.3, 0.4) is 0 Å². The predicted octanol–water partition coefficient (Wildman–Crippen LogP) is 4.66. The molecule has 0 amide bonds. The van der Waals surface area contributed by atoms with Gasteiger partial charge < -0.3 is 5.32 Å². The Morgan fingerprint density at radius 2 is 1.90 bits per heavy atom. The molecule has 20 heavy (non-hydrogen) atoms. The van der Waals surface area contributed by atoms with Crippen LogP contribution in [0, 0.1) is 13.8 Å². The van der Waals surface area contributed by atoms with Gasteiger partial charge in [-0.25, -0.2) is 0 Å². The molecule has 2 aromatic rings. The van der Waals surface area contributed by atoms with E-state index in [1.165, 1.54) is 53.6 Å². The molecule has 104 valence electrons. The van der Waals surface area contributed by atoms with Crippen LogP contribution in [-0.2, 0) is 12.8 Å². The average molecular weight is 265 g/mol. The second-order valence-corrected chi connectivity index (χ2v) is 5.99. The van der Waals surface area contributed by atoms with Crippen molar-refractivity contribution in [3.05, 3.63) is 64.7 Å². The van der Waals surface area contributed by atoms with Crippen LogP contribution < -0.4 is 5.32 Å². The predicted molar refractivity (Wildman–Crippen MR) is 86.4 cm³/mol. The van der Waals surface area contributed by atoms with Crippen LogP contribution in [0.4, 0.5) is 5.69 Å². The van der Waals surface area contributed by atoms with E-state index >= 15 is 0 Å². The van der Waals surface area contributed by atoms with Crippen molar-refractivity contribution in [3.63, 3.8) is 0 Å². The van der Waals surface area contributed by atoms with Gasteiger partial charge in [-0.1, -0.05) is 36.4 Å². The summed E-state index contributed by atoms with van der Waals surface area (Å²) in [5.41, 5.74) is 7.07. The van der Waals surface area contributed by atoms with Crippen molar-refractivity contribution >= 4 is 5.69 Å². The second kappa shape index (κ2) is 5.70. The number of aryl methyl sites for hydroxylation is 4. The van der Waals surface area contributed by atoms with Crippen molar-refractivity contribution in [1.29, 1.82) is 0 Å². The van der Waals surface area contributed by atoms with Crippen LogP contribution in [0.1, 0.15) is 35.1 Å². The topological polar surface area (TPSA) is 12.0 Å². The van der Waals surface area contributed by atoms with Gasteiger partial charge in [-0.15, -0.1) is 0 Å². The van der Waals surface area contributed by atoms with Gasteiger partial charge in [-0.05, 0) is 67.9 Å². The number of anilines is 1. The highest BCUT2D eigenvalue weighted by Gasteiger charge is 2.16. The number of para-hydroxylation sites is 1. The van der Waals surface area contributed by atoms with Gasteiger partial charge in [0.25, 0.3) is 0 Å². The Balaban J connectivity index is 1.61. The minimum absolute atomic E-state index is 0.617. The van der Waals surface area contributed by atoms with Gasteiger partial charge in [-0.3, -0.25) is 0 Å². The van der Waals surface area contributed by atoms with Crippen LogP contribution in [0.25, 0.3) is 0 Å². The quantitative estimate of drug-likeness (QED) is 0.851. The lowest BCUT2D eigenvalue weighted by Gasteiger charge is -2.27. The first-order valence-corrected chi connectivity index (χ1v) is 7.63. The molecular formula is C19H23N. The van der Waals surface area contributed by atoms with Crippen LogP contribution in [0.15, 0.2) is 42.5 Å². The molecule has 1 aliphatic heterocycles. The van der Waals surface area contributed by atoms with Crippen LogP contribution in [0.5, 0.6) is 0 Å². The molecule has 0 radical (unpaired) electrons. The fourth-order valence-electron chi connectivity index (χ4n) is 3.02. The van der Waals surface area contributed by atoms with Crippen LogP contribution >= 0.6 is 0 Å². The molecule has 1 nitrogen and oxygen atoms in total. The minimum atomic E-state index is 0.617. The van der Waals surface area contributed by atoms with E-state index in [1.807, 2.05) is 0 Å². The molecule has 3 rings (SSSR count). The summed E-state index contributed by atoms with van der Waals surface area (Å²) >= 11 is 0. The van der Waals surface area contributed by atoms with Crippen LogP contribution in [-0.4, -0.2) is 6.04 Å². The standard InChI is InChI=1S/C19H23N/c1-14-7-8-16(13-15(14)2)9-11-18-12-10-17-5-3-4-6-19(17)20-18/h3-8,13,18,20H,9-12H2,1-2H3. The molecule has 1 unspecified atom stereocenters. The lowest BCUT2D eigenvalue weighted by atomic mass is 9.93. The second-order valence-electron chi connectivity index (χ2n) is 5.99. The Labute approximate surface area is 122 Å². The highest BCUT2D eigenvalue weighted by atomic mass is 14.9. The number of nitrogens with one attached hydrogen (secondary N) is 1. The maximum atomic E-state index is 3.69. The lowest BCUT2D eigenvalue weighted by Crippen LogP contribution is -2.25. The number of hydrogen-bond acceptors (Lipinski definition) is 1. The third kappa shape index (κ3) is 2.87. The Hall–Kier alpha value is -1.76. The highest BCUT2D eigenvalue weighted by molar-refractivity contribution is 5.53. The van der Waals surface area contributed by atoms with Crippen LogP contribution in [0.2, 0.25) is 0 Å². The van der Waals surface area contributed by atoms with E-state index in [0.29, 0.717) is 6.04 Å². The average Bonchev–Trinajstić information content (AvgIpc) is 2.48. The first-order valence-electron chi connectivity index (χ1n) is 7.63. The fraction of sp³-hybridized carbons (Fsp3) is 0.368. The minimum Gasteiger partial charge on any atom is -0.382 e. The van der Waals surface area contributed by atoms with Gasteiger partial charge in [0.05, 0.1) is 0 Å². The van der Waals surface area contributed by atoms with Crippen molar-refractivity contribution in [2.24, 2.45) is 0 Å². The third-order valence-electron chi connectivity index (χ3n) is 4.49. The van der Waals surface area contributed by atoms with Crippen molar-refractivity contribution < 1.29 is 0 Å². The van der Waals surface area contributed by atoms with Gasteiger partial charge in [-0.2, -0.15) is 0 Å². The molecule has 1 heteroatoms. The normalized spacial score (nSPS) is 17.4. The molecule has 1 heterocycles. The summed E-state index contributed by atoms with van der Waals surface area (Å²) in [4.78, 5) is 0. The summed E-state index contributed by atoms with van der Waals surface area (Å²) in [5.74, 6) is 0. The summed E-state index contributed by atoms with van der Waals surface area (Å²) in [5, 5.41) is 3.69. The van der Waals surface area contributed by atoms with E-state index in [-0.39, 0.29) is 0 Å². The molecule has 2 aromatic carbocycles. The highest BCUT2D eigenvalue weighted by Crippen LogP contribution is 2.26. The number of benzene rings is 2. The van der Waals surface area contributed by atoms with E-state index in [0.717, 1.165) is 0 Å². The Morgan fingerprint density at radius 1 is 1.05 bits per heavy atom. The van der Waals surface area contributed by atoms with E-state index in [4.69, 9.17) is 0 Å². The first kappa shape index (κ1) is 13.2. The van der Waals surface area contributed by atoms with Gasteiger partial charge >= 0.3 is 0 Å². The molecule has 0 saturated carbocycles. The maximum absolute atomic E-state index is 3.69. The van der Waals surface area contributed by atoms with Gasteiger partial charge in [0, 0.05) is 11.7 Å². The molecule has 0 aliphatic carbocycles. The molecule has 1 aliphatic rings. The largest absolute Gasteiger partial charge is 0.382 e. The van der Waals surface area contributed by atoms with E-state index in [1.54, 1.807) is 0 Å². The van der Waals surface area contributed by atoms with E-state index < -0.39 is 0 Å². The third-order valence-corrected chi connectivity index (χ3v) is 4.49. The Morgan fingerprint density at radius 3 is 2.75 bits per heavy atom. The summed E-state index contributed by atoms with van der Waals surface area (Å²) < 4.78 is 0. The smallest absolute Gasteiger partial charge is 0.0374 e. The number of rotatable bonds is 3. The Bertz CT molecular complexity index is 600. The molecule has 0 spiro atoms. The van der Waals surface area contributed by atoms with Gasteiger partial charge in [0.2, 0.25) is 0 Å². The SMILES string of the molecule is Cc1ccc(CCC2CCc3ccccc3N2)cc1C. The summed E-state index contributed by atoms with van der Waals surface area (Å²) in [6.45, 7) is 4.38.